The number of aromatic nitrogens is 1. The van der Waals surface area contributed by atoms with E-state index in [1.54, 1.807) is 4.57 Å². The topological polar surface area (TPSA) is 22.0 Å². The van der Waals surface area contributed by atoms with Crippen LogP contribution in [0.4, 0.5) is 0 Å². The summed E-state index contributed by atoms with van der Waals surface area (Å²) in [7, 11) is 1.84. The van der Waals surface area contributed by atoms with Gasteiger partial charge in [-0.2, -0.15) is 0 Å². The summed E-state index contributed by atoms with van der Waals surface area (Å²) in [5.74, 6) is 0.272. The van der Waals surface area contributed by atoms with Gasteiger partial charge in [-0.05, 0) is 33.9 Å². The molecular weight excluding hydrogens is 270 g/mol. The van der Waals surface area contributed by atoms with E-state index in [0.717, 1.165) is 5.56 Å². The van der Waals surface area contributed by atoms with Gasteiger partial charge in [-0.1, -0.05) is 48.5 Å². The standard InChI is InChI=1S/C20H15NO/c1-21-11-10-16-17-12-6-2-4-8-14(12)18(19(16)20(21)22)15-9-5-3-7-13(15)17/h2-11,17-18H,1H3. The Hall–Kier alpha value is -2.61. The van der Waals surface area contributed by atoms with Gasteiger partial charge in [0.15, 0.2) is 0 Å². The number of rotatable bonds is 0. The zero-order valence-electron chi connectivity index (χ0n) is 12.3. The molecule has 6 rings (SSSR count). The van der Waals surface area contributed by atoms with E-state index >= 15 is 0 Å². The Labute approximate surface area is 128 Å². The second-order valence-electron chi connectivity index (χ2n) is 6.22. The molecule has 3 aromatic rings. The number of pyridine rings is 1. The molecule has 0 amide bonds. The van der Waals surface area contributed by atoms with Crippen LogP contribution in [0.3, 0.4) is 0 Å². The quantitative estimate of drug-likeness (QED) is 0.427. The second-order valence-corrected chi connectivity index (χ2v) is 6.22. The molecule has 0 fully saturated rings. The molecule has 0 saturated carbocycles. The molecule has 0 N–H and O–H groups in total. The fraction of sp³-hybridized carbons (Fsp3) is 0.150. The van der Waals surface area contributed by atoms with Crippen LogP contribution < -0.4 is 5.56 Å². The van der Waals surface area contributed by atoms with Crippen molar-refractivity contribution in [3.05, 3.63) is 105 Å². The lowest BCUT2D eigenvalue weighted by atomic mass is 9.61. The molecular formula is C20H15NO. The molecule has 0 atom stereocenters. The molecule has 2 aromatic carbocycles. The highest BCUT2D eigenvalue weighted by atomic mass is 16.1. The average molecular weight is 285 g/mol. The Morgan fingerprint density at radius 3 is 1.77 bits per heavy atom. The van der Waals surface area contributed by atoms with Crippen LogP contribution in [0.25, 0.3) is 0 Å². The summed E-state index contributed by atoms with van der Waals surface area (Å²) < 4.78 is 1.70. The van der Waals surface area contributed by atoms with Crippen molar-refractivity contribution >= 4 is 0 Å². The molecule has 1 aromatic heterocycles. The zero-order valence-corrected chi connectivity index (χ0v) is 12.3. The molecule has 2 heteroatoms. The molecule has 3 aliphatic carbocycles. The van der Waals surface area contributed by atoms with Gasteiger partial charge >= 0.3 is 0 Å². The van der Waals surface area contributed by atoms with Crippen molar-refractivity contribution < 1.29 is 0 Å². The highest BCUT2D eigenvalue weighted by Crippen LogP contribution is 2.54. The van der Waals surface area contributed by atoms with Crippen molar-refractivity contribution in [3.63, 3.8) is 0 Å². The first-order valence-electron chi connectivity index (χ1n) is 7.64. The predicted octanol–water partition coefficient (Wildman–Crippen LogP) is 3.37. The first kappa shape index (κ1) is 12.0. The van der Waals surface area contributed by atoms with Gasteiger partial charge in [0.05, 0.1) is 0 Å². The SMILES string of the molecule is Cn1ccc2c(c1=O)C1c3ccccc3C2c2ccccc21. The number of aryl methyl sites for hydroxylation is 1. The van der Waals surface area contributed by atoms with Crippen LogP contribution in [-0.4, -0.2) is 4.57 Å². The maximum atomic E-state index is 12.8. The van der Waals surface area contributed by atoms with Crippen LogP contribution in [0.15, 0.2) is 65.6 Å². The average Bonchev–Trinajstić information content (AvgIpc) is 2.58. The highest BCUT2D eigenvalue weighted by molar-refractivity contribution is 5.67. The van der Waals surface area contributed by atoms with E-state index in [0.29, 0.717) is 0 Å². The molecule has 0 saturated heterocycles. The van der Waals surface area contributed by atoms with E-state index in [9.17, 15) is 4.79 Å². The lowest BCUT2D eigenvalue weighted by Gasteiger charge is -2.41. The van der Waals surface area contributed by atoms with Crippen LogP contribution in [0.1, 0.15) is 45.2 Å². The number of benzene rings is 2. The predicted molar refractivity (Wildman–Crippen MR) is 86.5 cm³/mol. The molecule has 0 radical (unpaired) electrons. The van der Waals surface area contributed by atoms with Crippen LogP contribution in [0, 0.1) is 0 Å². The van der Waals surface area contributed by atoms with E-state index in [2.05, 4.69) is 54.6 Å². The van der Waals surface area contributed by atoms with E-state index in [1.165, 1.54) is 27.8 Å². The smallest absolute Gasteiger partial charge is 0.254 e. The normalized spacial score (nSPS) is 20.2. The van der Waals surface area contributed by atoms with Crippen LogP contribution >= 0.6 is 0 Å². The van der Waals surface area contributed by atoms with Crippen molar-refractivity contribution in [2.75, 3.05) is 0 Å². The maximum Gasteiger partial charge on any atom is 0.254 e. The number of nitrogens with zero attached hydrogens (tertiary/aromatic N) is 1. The van der Waals surface area contributed by atoms with Gasteiger partial charge in [-0.25, -0.2) is 0 Å². The van der Waals surface area contributed by atoms with Gasteiger partial charge in [-0.15, -0.1) is 0 Å². The Kier molecular flexibility index (Phi) is 2.17. The van der Waals surface area contributed by atoms with Crippen molar-refractivity contribution in [2.24, 2.45) is 7.05 Å². The van der Waals surface area contributed by atoms with Gasteiger partial charge in [0.25, 0.3) is 5.56 Å². The first-order chi connectivity index (χ1) is 10.8. The van der Waals surface area contributed by atoms with E-state index < -0.39 is 0 Å². The Bertz CT molecular complexity index is 935. The van der Waals surface area contributed by atoms with Gasteiger partial charge in [0.1, 0.15) is 0 Å². The Morgan fingerprint density at radius 1 is 0.727 bits per heavy atom. The maximum absolute atomic E-state index is 12.8. The zero-order chi connectivity index (χ0) is 14.8. The number of hydrogen-bond donors (Lipinski definition) is 0. The van der Waals surface area contributed by atoms with Gasteiger partial charge in [0.2, 0.25) is 0 Å². The fourth-order valence-electron chi connectivity index (χ4n) is 4.26. The van der Waals surface area contributed by atoms with Crippen LogP contribution in [0.5, 0.6) is 0 Å². The lowest BCUT2D eigenvalue weighted by Crippen LogP contribution is -2.35. The second kappa shape index (κ2) is 3.98. The Balaban J connectivity index is 1.96. The van der Waals surface area contributed by atoms with Crippen molar-refractivity contribution in [2.45, 2.75) is 11.8 Å². The molecule has 0 unspecified atom stereocenters. The summed E-state index contributed by atoms with van der Waals surface area (Å²) in [6.45, 7) is 0. The lowest BCUT2D eigenvalue weighted by molar-refractivity contribution is 0.712. The molecule has 0 spiro atoms. The molecule has 2 bridgehead atoms. The van der Waals surface area contributed by atoms with Gasteiger partial charge in [0, 0.05) is 30.6 Å². The molecule has 22 heavy (non-hydrogen) atoms. The van der Waals surface area contributed by atoms with Crippen molar-refractivity contribution in [1.82, 2.24) is 4.57 Å². The molecule has 3 aliphatic rings. The van der Waals surface area contributed by atoms with Crippen LogP contribution in [-0.2, 0) is 7.05 Å². The summed E-state index contributed by atoms with van der Waals surface area (Å²) in [5, 5.41) is 0. The summed E-state index contributed by atoms with van der Waals surface area (Å²) in [6, 6.07) is 19.3. The minimum absolute atomic E-state index is 0.0762. The number of hydrogen-bond acceptors (Lipinski definition) is 1. The summed E-state index contributed by atoms with van der Waals surface area (Å²) >= 11 is 0. The van der Waals surface area contributed by atoms with Gasteiger partial charge < -0.3 is 4.57 Å². The summed E-state index contributed by atoms with van der Waals surface area (Å²) in [4.78, 5) is 12.8. The van der Waals surface area contributed by atoms with E-state index in [-0.39, 0.29) is 17.4 Å². The van der Waals surface area contributed by atoms with Crippen molar-refractivity contribution in [1.29, 1.82) is 0 Å². The fourth-order valence-corrected chi connectivity index (χ4v) is 4.26. The Morgan fingerprint density at radius 2 is 1.23 bits per heavy atom. The van der Waals surface area contributed by atoms with Crippen molar-refractivity contribution in [3.8, 4) is 0 Å². The summed E-state index contributed by atoms with van der Waals surface area (Å²) in [5.41, 5.74) is 7.58. The molecule has 106 valence electrons. The monoisotopic (exact) mass is 285 g/mol. The third-order valence-corrected chi connectivity index (χ3v) is 5.18. The minimum atomic E-state index is 0.0762. The highest BCUT2D eigenvalue weighted by Gasteiger charge is 2.42. The first-order valence-corrected chi connectivity index (χ1v) is 7.64. The van der Waals surface area contributed by atoms with Gasteiger partial charge in [-0.3, -0.25) is 4.79 Å². The third-order valence-electron chi connectivity index (χ3n) is 5.18. The largest absolute Gasteiger partial charge is 0.318 e. The molecule has 0 aliphatic heterocycles. The third kappa shape index (κ3) is 1.28. The van der Waals surface area contributed by atoms with Crippen LogP contribution in [0.2, 0.25) is 0 Å². The molecule has 2 nitrogen and oxygen atoms in total. The summed E-state index contributed by atoms with van der Waals surface area (Å²) in [6.07, 6.45) is 1.90. The minimum Gasteiger partial charge on any atom is -0.318 e. The molecule has 1 heterocycles. The van der Waals surface area contributed by atoms with E-state index in [1.807, 2.05) is 13.2 Å². The van der Waals surface area contributed by atoms with E-state index in [4.69, 9.17) is 0 Å².